The first-order valence-corrected chi connectivity index (χ1v) is 25.4. The van der Waals surface area contributed by atoms with Gasteiger partial charge in [0.2, 0.25) is 5.91 Å². The maximum atomic E-state index is 13.9. The standard InChI is InChI=1S/C52H62N10O5S/c1-33(2)41-26-42(47(64)27-46(41)63)52(66)62-30-36-7-6-34(24-37(36)31-62)29-57-14-10-38(11-15-57)59-16-18-61(19-17-59)51(65)35-8-12-58(13-9-35)32-39-25-45-48(68-39)50(60-20-22-67-23-21-60)55-49(54-45)40-4-3-5-44-43(40)28-53-56-44/h3-7,24-28,33,35,38,63-64H,8-23,29-32H2,1-2H3,(H,53,56). The number of H-pyrrole nitrogens is 1. The summed E-state index contributed by atoms with van der Waals surface area (Å²) >= 11 is 1.80. The molecule has 8 heterocycles. The predicted molar refractivity (Wildman–Crippen MR) is 264 cm³/mol. The van der Waals surface area contributed by atoms with Gasteiger partial charge in [-0.3, -0.25) is 29.4 Å². The Morgan fingerprint density at radius 1 is 0.794 bits per heavy atom. The van der Waals surface area contributed by atoms with Gasteiger partial charge in [-0.15, -0.1) is 11.3 Å². The van der Waals surface area contributed by atoms with Gasteiger partial charge in [0, 0.05) is 99.3 Å². The van der Waals surface area contributed by atoms with Crippen molar-refractivity contribution in [3.8, 4) is 22.9 Å². The normalized spacial score (nSPS) is 19.5. The van der Waals surface area contributed by atoms with Gasteiger partial charge in [-0.1, -0.05) is 44.2 Å². The average molecular weight is 939 g/mol. The van der Waals surface area contributed by atoms with Crippen LogP contribution in [0.4, 0.5) is 5.82 Å². The van der Waals surface area contributed by atoms with Gasteiger partial charge >= 0.3 is 0 Å². The molecule has 11 rings (SSSR count). The monoisotopic (exact) mass is 938 g/mol. The second-order valence-corrected chi connectivity index (χ2v) is 20.9. The molecule has 68 heavy (non-hydrogen) atoms. The fourth-order valence-electron chi connectivity index (χ4n) is 11.2. The molecule has 0 aliphatic carbocycles. The molecule has 4 fully saturated rings. The van der Waals surface area contributed by atoms with Crippen LogP contribution in [-0.2, 0) is 35.7 Å². The quantitative estimate of drug-likeness (QED) is 0.133. The Hall–Kier alpha value is -5.65. The zero-order chi connectivity index (χ0) is 46.5. The minimum absolute atomic E-state index is 0.0109. The Morgan fingerprint density at radius 3 is 2.32 bits per heavy atom. The second-order valence-electron chi connectivity index (χ2n) is 19.8. The summed E-state index contributed by atoms with van der Waals surface area (Å²) in [5.74, 6) is 1.75. The van der Waals surface area contributed by atoms with E-state index in [-0.39, 0.29) is 34.8 Å². The van der Waals surface area contributed by atoms with E-state index < -0.39 is 0 Å². The van der Waals surface area contributed by atoms with Crippen LogP contribution in [-0.4, -0.2) is 151 Å². The summed E-state index contributed by atoms with van der Waals surface area (Å²) in [6, 6.07) is 18.4. The summed E-state index contributed by atoms with van der Waals surface area (Å²) < 4.78 is 6.82. The Kier molecular flexibility index (Phi) is 12.5. The molecule has 0 atom stereocenters. The van der Waals surface area contributed by atoms with Crippen molar-refractivity contribution < 1.29 is 24.5 Å². The largest absolute Gasteiger partial charge is 0.508 e. The summed E-state index contributed by atoms with van der Waals surface area (Å²) in [7, 11) is 0. The van der Waals surface area contributed by atoms with E-state index in [1.807, 2.05) is 32.2 Å². The zero-order valence-corrected chi connectivity index (χ0v) is 40.0. The van der Waals surface area contributed by atoms with Gasteiger partial charge in [0.05, 0.1) is 40.7 Å². The number of aromatic nitrogens is 4. The van der Waals surface area contributed by atoms with Gasteiger partial charge in [0.25, 0.3) is 5.91 Å². The first-order valence-electron chi connectivity index (χ1n) is 24.6. The average Bonchev–Trinajstić information content (AvgIpc) is 4.13. The molecule has 5 aliphatic rings. The first-order chi connectivity index (χ1) is 33.1. The van der Waals surface area contributed by atoms with E-state index in [0.717, 1.165) is 148 Å². The molecule has 0 spiro atoms. The molecule has 3 N–H and O–H groups in total. The summed E-state index contributed by atoms with van der Waals surface area (Å²) in [6.45, 7) is 17.0. The van der Waals surface area contributed by atoms with Crippen LogP contribution in [0.25, 0.3) is 32.5 Å². The molecule has 4 saturated heterocycles. The molecule has 0 radical (unpaired) electrons. The molecule has 5 aliphatic heterocycles. The van der Waals surface area contributed by atoms with Crippen molar-refractivity contribution in [2.45, 2.75) is 77.7 Å². The van der Waals surface area contributed by atoms with Gasteiger partial charge in [-0.25, -0.2) is 9.97 Å². The van der Waals surface area contributed by atoms with Crippen LogP contribution < -0.4 is 4.90 Å². The van der Waals surface area contributed by atoms with E-state index in [9.17, 15) is 19.8 Å². The van der Waals surface area contributed by atoms with Gasteiger partial charge in [0.15, 0.2) is 11.6 Å². The highest BCUT2D eigenvalue weighted by Crippen LogP contribution is 2.38. The molecule has 2 amide bonds. The molecular formula is C52H62N10O5S. The number of benzene rings is 3. The van der Waals surface area contributed by atoms with Gasteiger partial charge in [0.1, 0.15) is 11.5 Å². The van der Waals surface area contributed by atoms with Crippen LogP contribution in [0.2, 0.25) is 0 Å². The van der Waals surface area contributed by atoms with E-state index in [4.69, 9.17) is 14.7 Å². The number of likely N-dealkylation sites (tertiary alicyclic amines) is 2. The van der Waals surface area contributed by atoms with Crippen molar-refractivity contribution in [3.05, 3.63) is 93.5 Å². The molecule has 16 heteroatoms. The number of phenols is 2. The van der Waals surface area contributed by atoms with Crippen molar-refractivity contribution in [2.24, 2.45) is 5.92 Å². The van der Waals surface area contributed by atoms with Gasteiger partial charge in [-0.05, 0) is 98.2 Å². The van der Waals surface area contributed by atoms with Crippen LogP contribution in [0.5, 0.6) is 11.5 Å². The number of ether oxygens (including phenoxy) is 1. The van der Waals surface area contributed by atoms with Crippen LogP contribution >= 0.6 is 11.3 Å². The fraction of sp³-hybridized carbons (Fsp3) is 0.481. The maximum absolute atomic E-state index is 13.9. The zero-order valence-electron chi connectivity index (χ0n) is 39.2. The van der Waals surface area contributed by atoms with Crippen molar-refractivity contribution in [1.29, 1.82) is 0 Å². The molecule has 3 aromatic carbocycles. The van der Waals surface area contributed by atoms with Gasteiger partial charge < -0.3 is 29.6 Å². The molecule has 0 bridgehead atoms. The number of rotatable bonds is 10. The minimum Gasteiger partial charge on any atom is -0.508 e. The Labute approximate surface area is 401 Å². The third-order valence-corrected chi connectivity index (χ3v) is 16.2. The number of nitrogens with one attached hydrogen (secondary N) is 1. The summed E-state index contributed by atoms with van der Waals surface area (Å²) in [5, 5.41) is 29.2. The van der Waals surface area contributed by atoms with E-state index in [0.29, 0.717) is 49.6 Å². The third kappa shape index (κ3) is 9.04. The van der Waals surface area contributed by atoms with Crippen molar-refractivity contribution in [2.75, 3.05) is 83.6 Å². The van der Waals surface area contributed by atoms with Gasteiger partial charge in [-0.2, -0.15) is 5.10 Å². The number of piperazine rings is 1. The Bertz CT molecular complexity index is 2820. The number of aromatic amines is 1. The fourth-order valence-corrected chi connectivity index (χ4v) is 12.4. The highest BCUT2D eigenvalue weighted by atomic mass is 32.1. The smallest absolute Gasteiger partial charge is 0.258 e. The number of aromatic hydroxyl groups is 2. The van der Waals surface area contributed by atoms with E-state index in [2.05, 4.69) is 65.0 Å². The van der Waals surface area contributed by atoms with Crippen LogP contribution in [0.15, 0.2) is 60.8 Å². The predicted octanol–water partition coefficient (Wildman–Crippen LogP) is 6.78. The Morgan fingerprint density at radius 2 is 1.54 bits per heavy atom. The number of fused-ring (bicyclic) bond motifs is 3. The molecule has 3 aromatic heterocycles. The third-order valence-electron chi connectivity index (χ3n) is 15.1. The lowest BCUT2D eigenvalue weighted by Gasteiger charge is -2.43. The first kappa shape index (κ1) is 44.8. The number of amides is 2. The van der Waals surface area contributed by atoms with Crippen LogP contribution in [0, 0.1) is 5.92 Å². The van der Waals surface area contributed by atoms with Crippen molar-refractivity contribution in [3.63, 3.8) is 0 Å². The van der Waals surface area contributed by atoms with E-state index >= 15 is 0 Å². The molecule has 0 saturated carbocycles. The summed E-state index contributed by atoms with van der Waals surface area (Å²) in [6.07, 6.45) is 5.88. The highest BCUT2D eigenvalue weighted by Gasteiger charge is 2.34. The lowest BCUT2D eigenvalue weighted by atomic mass is 9.94. The lowest BCUT2D eigenvalue weighted by Crippen LogP contribution is -2.55. The topological polar surface area (TPSA) is 158 Å². The number of thiophene rings is 1. The van der Waals surface area contributed by atoms with Crippen LogP contribution in [0.1, 0.15) is 82.9 Å². The molecule has 0 unspecified atom stereocenters. The molecule has 6 aromatic rings. The van der Waals surface area contributed by atoms with Crippen LogP contribution in [0.3, 0.4) is 0 Å². The maximum Gasteiger partial charge on any atom is 0.258 e. The number of morpholine rings is 1. The SMILES string of the molecule is CC(C)c1cc(C(=O)N2Cc3ccc(CN4CCC(N5CCN(C(=O)C6CCN(Cc7cc8nc(-c9cccc%10[nH]ncc9%10)nc(N9CCOCC9)c8s7)CC6)CC5)CC4)cc3C2)c(O)cc1O. The number of carbonyl (C=O) groups is 2. The molecular weight excluding hydrogens is 877 g/mol. The number of piperidine rings is 2. The molecule has 356 valence electrons. The number of phenolic OH excluding ortho intramolecular Hbond substituents is 2. The number of anilines is 1. The Balaban J connectivity index is 0.640. The summed E-state index contributed by atoms with van der Waals surface area (Å²) in [5.41, 5.74) is 7.35. The van der Waals surface area contributed by atoms with Crippen molar-refractivity contribution in [1.82, 2.24) is 44.7 Å². The number of carbonyl (C=O) groups excluding carboxylic acids is 2. The minimum atomic E-state index is -0.222. The van der Waals surface area contributed by atoms with Crippen molar-refractivity contribution >= 4 is 50.1 Å². The molecule has 15 nitrogen and oxygen atoms in total. The number of hydrogen-bond acceptors (Lipinski definition) is 13. The van der Waals surface area contributed by atoms with E-state index in [1.54, 1.807) is 22.3 Å². The van der Waals surface area contributed by atoms with E-state index in [1.165, 1.54) is 16.5 Å². The lowest BCUT2D eigenvalue weighted by molar-refractivity contribution is -0.139. The number of nitrogens with zero attached hydrogens (tertiary/aromatic N) is 9. The second kappa shape index (κ2) is 19.0. The summed E-state index contributed by atoms with van der Waals surface area (Å²) in [4.78, 5) is 52.9. The highest BCUT2D eigenvalue weighted by molar-refractivity contribution is 7.19. The number of hydrogen-bond donors (Lipinski definition) is 3.